The van der Waals surface area contributed by atoms with Crippen LogP contribution in [0.25, 0.3) is 12.2 Å². The highest BCUT2D eigenvalue weighted by Crippen LogP contribution is 2.03. The summed E-state index contributed by atoms with van der Waals surface area (Å²) in [6, 6.07) is 9.72. The van der Waals surface area contributed by atoms with E-state index in [1.54, 1.807) is 12.1 Å². The average Bonchev–Trinajstić information content (AvgIpc) is 2.89. The minimum Gasteiger partial charge on any atom is -0.481 e. The van der Waals surface area contributed by atoms with Crippen LogP contribution in [0, 0.1) is 18.8 Å². The molecule has 2 aromatic rings. The van der Waals surface area contributed by atoms with Crippen molar-refractivity contribution in [2.75, 3.05) is 0 Å². The fourth-order valence-electron chi connectivity index (χ4n) is 2.07. The Bertz CT molecular complexity index is 887. The largest absolute Gasteiger partial charge is 0.481 e. The third-order valence-electron chi connectivity index (χ3n) is 3.33. The van der Waals surface area contributed by atoms with Gasteiger partial charge in [-0.2, -0.15) is 0 Å². The molecule has 1 N–H and O–H groups in total. The molecule has 3 heteroatoms. The summed E-state index contributed by atoms with van der Waals surface area (Å²) < 4.78 is 5.50. The summed E-state index contributed by atoms with van der Waals surface area (Å²) in [6.07, 6.45) is 2.00. The van der Waals surface area contributed by atoms with Crippen LogP contribution in [0.15, 0.2) is 47.4 Å². The molecule has 0 spiro atoms. The fraction of sp³-hybridized carbons (Fsp3) is 0.150. The predicted molar refractivity (Wildman–Crippen MR) is 91.1 cm³/mol. The normalized spacial score (nSPS) is 11.3. The number of hydrogen-bond acceptors (Lipinski definition) is 2. The summed E-state index contributed by atoms with van der Waals surface area (Å²) in [5.74, 6) is 5.89. The zero-order valence-electron chi connectivity index (χ0n) is 13.1. The number of benzene rings is 1. The summed E-state index contributed by atoms with van der Waals surface area (Å²) in [5.41, 5.74) is 3.27. The Balaban J connectivity index is 2.37. The lowest BCUT2D eigenvalue weighted by Gasteiger charge is -1.92. The van der Waals surface area contributed by atoms with Gasteiger partial charge in [-0.25, -0.2) is 0 Å². The van der Waals surface area contributed by atoms with Crippen molar-refractivity contribution < 1.29 is 14.3 Å². The fourth-order valence-corrected chi connectivity index (χ4v) is 2.07. The zero-order valence-corrected chi connectivity index (χ0v) is 13.1. The summed E-state index contributed by atoms with van der Waals surface area (Å²) in [5, 5.41) is 9.49. The van der Waals surface area contributed by atoms with Crippen molar-refractivity contribution in [3.05, 3.63) is 70.5 Å². The number of rotatable bonds is 4. The van der Waals surface area contributed by atoms with E-state index >= 15 is 0 Å². The second-order valence-corrected chi connectivity index (χ2v) is 5.18. The van der Waals surface area contributed by atoms with Crippen LogP contribution in [0.1, 0.15) is 23.3 Å². The molecule has 2 rings (SSSR count). The van der Waals surface area contributed by atoms with Gasteiger partial charge in [-0.05, 0) is 25.1 Å². The van der Waals surface area contributed by atoms with Gasteiger partial charge in [0.15, 0.2) is 0 Å². The molecule has 0 aliphatic rings. The summed E-state index contributed by atoms with van der Waals surface area (Å²) in [6.45, 7) is 9.66. The van der Waals surface area contributed by atoms with Gasteiger partial charge >= 0.3 is 5.97 Å². The number of carboxylic acid groups (broad SMARTS) is 1. The molecule has 23 heavy (non-hydrogen) atoms. The Morgan fingerprint density at radius 1 is 1.35 bits per heavy atom. The second kappa shape index (κ2) is 7.33. The zero-order chi connectivity index (χ0) is 16.8. The van der Waals surface area contributed by atoms with Crippen LogP contribution in [0.5, 0.6) is 0 Å². The summed E-state index contributed by atoms with van der Waals surface area (Å²) in [4.78, 5) is 10.6. The molecule has 0 aliphatic heterocycles. The smallest absolute Gasteiger partial charge is 0.303 e. The molecule has 0 amide bonds. The molecule has 1 heterocycles. The highest BCUT2D eigenvalue weighted by molar-refractivity contribution is 5.73. The van der Waals surface area contributed by atoms with E-state index in [0.717, 1.165) is 10.8 Å². The molecule has 0 fully saturated rings. The van der Waals surface area contributed by atoms with E-state index in [9.17, 15) is 4.79 Å². The van der Waals surface area contributed by atoms with Crippen LogP contribution in [-0.4, -0.2) is 11.1 Å². The first-order valence-corrected chi connectivity index (χ1v) is 7.24. The third kappa shape index (κ3) is 4.49. The van der Waals surface area contributed by atoms with Crippen molar-refractivity contribution in [1.82, 2.24) is 0 Å². The van der Waals surface area contributed by atoms with Crippen LogP contribution in [-0.2, 0) is 11.2 Å². The van der Waals surface area contributed by atoms with E-state index in [4.69, 9.17) is 9.52 Å². The molecule has 116 valence electrons. The van der Waals surface area contributed by atoms with Crippen molar-refractivity contribution in [2.45, 2.75) is 19.8 Å². The van der Waals surface area contributed by atoms with Crippen LogP contribution >= 0.6 is 0 Å². The maximum Gasteiger partial charge on any atom is 0.303 e. The van der Waals surface area contributed by atoms with Gasteiger partial charge in [0.1, 0.15) is 11.2 Å². The minimum atomic E-state index is -0.861. The lowest BCUT2D eigenvalue weighted by molar-refractivity contribution is -0.137. The monoisotopic (exact) mass is 306 g/mol. The molecule has 0 aliphatic carbocycles. The van der Waals surface area contributed by atoms with Crippen LogP contribution < -0.4 is 10.6 Å². The van der Waals surface area contributed by atoms with Gasteiger partial charge in [0.25, 0.3) is 0 Å². The van der Waals surface area contributed by atoms with Crippen molar-refractivity contribution >= 4 is 18.1 Å². The lowest BCUT2D eigenvalue weighted by Crippen LogP contribution is -2.19. The van der Waals surface area contributed by atoms with E-state index in [0.29, 0.717) is 23.2 Å². The number of hydrogen-bond donors (Lipinski definition) is 1. The molecule has 0 bridgehead atoms. The topological polar surface area (TPSA) is 50.4 Å². The standard InChI is InChI=1S/C20H18O3/c1-4-17(10-9-16-7-5-14(2)6-8-16)19-13-18(23-15(19)3)11-12-20(21)22/h4-8,13H,1,3,11-12H2,2H3,(H,21,22)/b19-17+. The first-order chi connectivity index (χ1) is 11.0. The summed E-state index contributed by atoms with van der Waals surface area (Å²) >= 11 is 0. The first-order valence-electron chi connectivity index (χ1n) is 7.24. The number of carbonyl (C=O) groups is 1. The Kier molecular flexibility index (Phi) is 5.22. The van der Waals surface area contributed by atoms with Crippen molar-refractivity contribution in [3.63, 3.8) is 0 Å². The highest BCUT2D eigenvalue weighted by Gasteiger charge is 2.04. The number of aliphatic carboxylic acids is 1. The van der Waals surface area contributed by atoms with Crippen LogP contribution in [0.2, 0.25) is 0 Å². The molecule has 3 nitrogen and oxygen atoms in total. The quantitative estimate of drug-likeness (QED) is 0.883. The molecular formula is C20H18O3. The lowest BCUT2D eigenvalue weighted by atomic mass is 10.1. The Morgan fingerprint density at radius 3 is 2.65 bits per heavy atom. The van der Waals surface area contributed by atoms with Crippen LogP contribution in [0.3, 0.4) is 0 Å². The van der Waals surface area contributed by atoms with E-state index in [-0.39, 0.29) is 6.42 Å². The number of furan rings is 1. The molecule has 0 saturated carbocycles. The molecule has 0 unspecified atom stereocenters. The van der Waals surface area contributed by atoms with Gasteiger partial charge in [-0.1, -0.05) is 48.8 Å². The number of allylic oxidation sites excluding steroid dienone is 1. The second-order valence-electron chi connectivity index (χ2n) is 5.18. The average molecular weight is 306 g/mol. The van der Waals surface area contributed by atoms with Gasteiger partial charge in [-0.15, -0.1) is 0 Å². The van der Waals surface area contributed by atoms with Crippen molar-refractivity contribution in [3.8, 4) is 11.8 Å². The Morgan fingerprint density at radius 2 is 2.04 bits per heavy atom. The summed E-state index contributed by atoms with van der Waals surface area (Å²) in [7, 11) is 0. The predicted octanol–water partition coefficient (Wildman–Crippen LogP) is 2.40. The van der Waals surface area contributed by atoms with E-state index in [2.05, 4.69) is 25.0 Å². The number of carboxylic acids is 1. The molecule has 1 aromatic heterocycles. The Hall–Kier alpha value is -2.99. The van der Waals surface area contributed by atoms with E-state index < -0.39 is 5.97 Å². The maximum atomic E-state index is 10.6. The van der Waals surface area contributed by atoms with Gasteiger partial charge in [0.05, 0.1) is 6.42 Å². The van der Waals surface area contributed by atoms with Crippen LogP contribution in [0.4, 0.5) is 0 Å². The van der Waals surface area contributed by atoms with Crippen molar-refractivity contribution in [1.29, 1.82) is 0 Å². The molecule has 1 aromatic carbocycles. The Labute approximate surface area is 135 Å². The maximum absolute atomic E-state index is 10.6. The van der Waals surface area contributed by atoms with Crippen molar-refractivity contribution in [2.24, 2.45) is 0 Å². The molecular weight excluding hydrogens is 288 g/mol. The van der Waals surface area contributed by atoms with E-state index in [1.165, 1.54) is 5.56 Å². The van der Waals surface area contributed by atoms with E-state index in [1.807, 2.05) is 31.2 Å². The molecule has 0 atom stereocenters. The third-order valence-corrected chi connectivity index (χ3v) is 3.33. The molecule has 0 saturated heterocycles. The van der Waals surface area contributed by atoms with Gasteiger partial charge in [0, 0.05) is 22.8 Å². The van der Waals surface area contributed by atoms with Gasteiger partial charge < -0.3 is 9.52 Å². The SMILES string of the molecule is C=C/C(C#Cc1ccc(C)cc1)=c1/cc(CCC(=O)O)oc1=C. The first kappa shape index (κ1) is 16.4. The van der Waals surface area contributed by atoms with Gasteiger partial charge in [-0.3, -0.25) is 4.79 Å². The number of aryl methyl sites for hydroxylation is 2. The van der Waals surface area contributed by atoms with Gasteiger partial charge in [0.2, 0.25) is 0 Å². The molecule has 0 radical (unpaired) electrons. The highest BCUT2D eigenvalue weighted by atomic mass is 16.4. The minimum absolute atomic E-state index is 0.0187.